The van der Waals surface area contributed by atoms with E-state index in [1.54, 1.807) is 0 Å². The van der Waals surface area contributed by atoms with E-state index in [-0.39, 0.29) is 16.3 Å². The van der Waals surface area contributed by atoms with Crippen LogP contribution in [-0.2, 0) is 11.3 Å². The van der Waals surface area contributed by atoms with Gasteiger partial charge in [-0.15, -0.1) is 0 Å². The van der Waals surface area contributed by atoms with Crippen LogP contribution >= 0.6 is 11.8 Å². The van der Waals surface area contributed by atoms with E-state index < -0.39 is 4.92 Å². The molecule has 0 N–H and O–H groups in total. The Morgan fingerprint density at radius 2 is 2.17 bits per heavy atom. The molecule has 3 rings (SSSR count). The highest BCUT2D eigenvalue weighted by atomic mass is 32.2. The van der Waals surface area contributed by atoms with Crippen molar-refractivity contribution in [1.29, 1.82) is 0 Å². The molecule has 0 atom stereocenters. The summed E-state index contributed by atoms with van der Waals surface area (Å²) < 4.78 is 1.75. The maximum Gasteiger partial charge on any atom is 0.306 e. The molecule has 1 aromatic rings. The van der Waals surface area contributed by atoms with Gasteiger partial charge >= 0.3 is 5.69 Å². The molecular weight excluding hydrogens is 316 g/mol. The van der Waals surface area contributed by atoms with Gasteiger partial charge in [-0.3, -0.25) is 19.6 Å². The highest BCUT2D eigenvalue weighted by Crippen LogP contribution is 2.42. The Morgan fingerprint density at radius 1 is 1.39 bits per heavy atom. The lowest BCUT2D eigenvalue weighted by atomic mass is 9.87. The second-order valence-corrected chi connectivity index (χ2v) is 7.94. The maximum atomic E-state index is 12.5. The molecule has 1 aliphatic carbocycles. The van der Waals surface area contributed by atoms with Crippen LogP contribution in [0.5, 0.6) is 0 Å². The Bertz CT molecular complexity index is 578. The lowest BCUT2D eigenvalue weighted by Gasteiger charge is -2.44. The van der Waals surface area contributed by atoms with Crippen molar-refractivity contribution in [3.05, 3.63) is 22.5 Å². The zero-order valence-electron chi connectivity index (χ0n) is 13.1. The van der Waals surface area contributed by atoms with E-state index in [0.717, 1.165) is 18.8 Å². The summed E-state index contributed by atoms with van der Waals surface area (Å²) in [6.45, 7) is 2.06. The number of rotatable bonds is 4. The number of thioether (sulfide) groups is 1. The van der Waals surface area contributed by atoms with Gasteiger partial charge in [-0.05, 0) is 12.8 Å². The van der Waals surface area contributed by atoms with Crippen LogP contribution in [0.1, 0.15) is 38.5 Å². The van der Waals surface area contributed by atoms with Gasteiger partial charge in [0.15, 0.2) is 0 Å². The van der Waals surface area contributed by atoms with Crippen molar-refractivity contribution < 1.29 is 9.72 Å². The van der Waals surface area contributed by atoms with Crippen LogP contribution in [0, 0.1) is 10.1 Å². The summed E-state index contributed by atoms with van der Waals surface area (Å²) in [5, 5.41) is 14.6. The lowest BCUT2D eigenvalue weighted by Crippen LogP contribution is -2.50. The fourth-order valence-corrected chi connectivity index (χ4v) is 5.06. The van der Waals surface area contributed by atoms with Crippen molar-refractivity contribution in [3.63, 3.8) is 0 Å². The second-order valence-electron chi connectivity index (χ2n) is 6.38. The zero-order valence-corrected chi connectivity index (χ0v) is 14.0. The predicted molar refractivity (Wildman–Crippen MR) is 88.4 cm³/mol. The highest BCUT2D eigenvalue weighted by Gasteiger charge is 2.38. The third kappa shape index (κ3) is 3.85. The zero-order chi connectivity index (χ0) is 16.3. The average molecular weight is 338 g/mol. The minimum atomic E-state index is -0.472. The maximum absolute atomic E-state index is 12.5. The van der Waals surface area contributed by atoms with Gasteiger partial charge in [0.05, 0.1) is 4.92 Å². The molecule has 1 amide bonds. The van der Waals surface area contributed by atoms with Crippen LogP contribution in [-0.4, -0.2) is 49.1 Å². The van der Waals surface area contributed by atoms with E-state index in [4.69, 9.17) is 0 Å². The van der Waals surface area contributed by atoms with Crippen molar-refractivity contribution >= 4 is 23.4 Å². The van der Waals surface area contributed by atoms with Crippen LogP contribution in [0.2, 0.25) is 0 Å². The van der Waals surface area contributed by atoms with Crippen molar-refractivity contribution in [3.8, 4) is 0 Å². The molecular formula is C15H22N4O3S. The average Bonchev–Trinajstić information content (AvgIpc) is 3.03. The first-order valence-electron chi connectivity index (χ1n) is 8.17. The molecule has 2 aliphatic rings. The monoisotopic (exact) mass is 338 g/mol. The van der Waals surface area contributed by atoms with Gasteiger partial charge in [0.1, 0.15) is 12.4 Å². The molecule has 2 fully saturated rings. The fourth-order valence-electron chi connectivity index (χ4n) is 3.49. The van der Waals surface area contributed by atoms with Crippen molar-refractivity contribution in [2.75, 3.05) is 18.8 Å². The SMILES string of the molecule is O=C(CCn1cc([N+](=O)[O-])cn1)N1CCSC2(CCCCC2)C1. The second kappa shape index (κ2) is 6.90. The van der Waals surface area contributed by atoms with Gasteiger partial charge in [-0.2, -0.15) is 16.9 Å². The number of aryl methyl sites for hydroxylation is 1. The fraction of sp³-hybridized carbons (Fsp3) is 0.733. The summed E-state index contributed by atoms with van der Waals surface area (Å²) in [6, 6.07) is 0. The Labute approximate surface area is 139 Å². The molecule has 0 bridgehead atoms. The van der Waals surface area contributed by atoms with Gasteiger partial charge in [-0.25, -0.2) is 0 Å². The minimum absolute atomic E-state index is 0.0343. The number of hydrogen-bond donors (Lipinski definition) is 0. The lowest BCUT2D eigenvalue weighted by molar-refractivity contribution is -0.385. The Balaban J connectivity index is 1.54. The summed E-state index contributed by atoms with van der Waals surface area (Å²) >= 11 is 2.04. The van der Waals surface area contributed by atoms with Crippen LogP contribution < -0.4 is 0 Å². The molecule has 126 valence electrons. The van der Waals surface area contributed by atoms with Gasteiger partial charge in [0, 0.05) is 36.6 Å². The molecule has 1 saturated carbocycles. The first-order chi connectivity index (χ1) is 11.1. The van der Waals surface area contributed by atoms with Gasteiger partial charge in [-0.1, -0.05) is 19.3 Å². The Kier molecular flexibility index (Phi) is 4.89. The van der Waals surface area contributed by atoms with E-state index in [2.05, 4.69) is 5.10 Å². The van der Waals surface area contributed by atoms with Gasteiger partial charge in [0.2, 0.25) is 5.91 Å². The van der Waals surface area contributed by atoms with Crippen LogP contribution in [0.15, 0.2) is 12.4 Å². The number of hydrogen-bond acceptors (Lipinski definition) is 5. The van der Waals surface area contributed by atoms with Crippen molar-refractivity contribution in [2.45, 2.75) is 49.8 Å². The molecule has 2 heterocycles. The summed E-state index contributed by atoms with van der Waals surface area (Å²) in [5.74, 6) is 1.15. The molecule has 0 radical (unpaired) electrons. The van der Waals surface area contributed by atoms with Crippen molar-refractivity contribution in [1.82, 2.24) is 14.7 Å². The van der Waals surface area contributed by atoms with Crippen LogP contribution in [0.25, 0.3) is 0 Å². The topological polar surface area (TPSA) is 81.3 Å². The van der Waals surface area contributed by atoms with E-state index in [1.165, 1.54) is 49.2 Å². The summed E-state index contributed by atoms with van der Waals surface area (Å²) in [7, 11) is 0. The third-order valence-corrected chi connectivity index (χ3v) is 6.29. The van der Waals surface area contributed by atoms with Crippen molar-refractivity contribution in [2.24, 2.45) is 0 Å². The summed E-state index contributed by atoms with van der Waals surface area (Å²) in [4.78, 5) is 24.6. The number of carbonyl (C=O) groups is 1. The van der Waals surface area contributed by atoms with Gasteiger partial charge in [0.25, 0.3) is 0 Å². The first kappa shape index (κ1) is 16.3. The standard InChI is InChI=1S/C15H22N4O3S/c20-14(4-7-18-11-13(10-16-18)19(21)22)17-8-9-23-15(12-17)5-2-1-3-6-15/h10-11H,1-9,12H2. The number of amides is 1. The highest BCUT2D eigenvalue weighted by molar-refractivity contribution is 8.00. The van der Waals surface area contributed by atoms with E-state index in [9.17, 15) is 14.9 Å². The number of nitrogens with zero attached hydrogens (tertiary/aromatic N) is 4. The quantitative estimate of drug-likeness (QED) is 0.622. The number of carbonyl (C=O) groups excluding carboxylic acids is 1. The molecule has 0 unspecified atom stereocenters. The van der Waals surface area contributed by atoms with E-state index in [1.807, 2.05) is 16.7 Å². The summed E-state index contributed by atoms with van der Waals surface area (Å²) in [5.41, 5.74) is -0.0343. The molecule has 23 heavy (non-hydrogen) atoms. The Morgan fingerprint density at radius 3 is 2.87 bits per heavy atom. The van der Waals surface area contributed by atoms with E-state index in [0.29, 0.717) is 13.0 Å². The predicted octanol–water partition coefficient (Wildman–Crippen LogP) is 2.46. The Hall–Kier alpha value is -1.57. The molecule has 1 spiro atoms. The largest absolute Gasteiger partial charge is 0.340 e. The third-order valence-electron chi connectivity index (χ3n) is 4.75. The normalized spacial score (nSPS) is 20.6. The number of aromatic nitrogens is 2. The van der Waals surface area contributed by atoms with Crippen LogP contribution in [0.4, 0.5) is 5.69 Å². The van der Waals surface area contributed by atoms with Crippen LogP contribution in [0.3, 0.4) is 0 Å². The van der Waals surface area contributed by atoms with Gasteiger partial charge < -0.3 is 4.90 Å². The molecule has 1 aliphatic heterocycles. The summed E-state index contributed by atoms with van der Waals surface area (Å²) in [6.07, 6.45) is 9.23. The first-order valence-corrected chi connectivity index (χ1v) is 9.15. The molecule has 1 aromatic heterocycles. The van der Waals surface area contributed by atoms with E-state index >= 15 is 0 Å². The molecule has 8 heteroatoms. The molecule has 7 nitrogen and oxygen atoms in total. The number of nitro groups is 1. The smallest absolute Gasteiger partial charge is 0.306 e. The minimum Gasteiger partial charge on any atom is -0.340 e. The molecule has 1 saturated heterocycles. The molecule has 0 aromatic carbocycles.